The Kier molecular flexibility index (Phi) is 3.66. The fourth-order valence-electron chi connectivity index (χ4n) is 1.25. The van der Waals surface area contributed by atoms with E-state index in [-0.39, 0.29) is 0 Å². The van der Waals surface area contributed by atoms with Crippen molar-refractivity contribution in [3.63, 3.8) is 0 Å². The lowest BCUT2D eigenvalue weighted by molar-refractivity contribution is 0.127. The lowest BCUT2D eigenvalue weighted by Gasteiger charge is -2.18. The first-order valence-corrected chi connectivity index (χ1v) is 5.32. The minimum atomic E-state index is -0.793. The van der Waals surface area contributed by atoms with Gasteiger partial charge in [-0.3, -0.25) is 0 Å². The second-order valence-electron chi connectivity index (χ2n) is 3.65. The van der Waals surface area contributed by atoms with Crippen molar-refractivity contribution in [1.82, 2.24) is 0 Å². The molecule has 0 amide bonds. The zero-order valence-corrected chi connectivity index (χ0v) is 10.0. The van der Waals surface area contributed by atoms with Crippen LogP contribution in [0, 0.1) is 0 Å². The van der Waals surface area contributed by atoms with Crippen molar-refractivity contribution in [2.45, 2.75) is 19.4 Å². The average molecular weight is 228 g/mol. The van der Waals surface area contributed by atoms with E-state index in [9.17, 15) is 4.57 Å². The summed E-state index contributed by atoms with van der Waals surface area (Å²) in [5.41, 5.74) is 6.52. The Hall–Kier alpha value is -1.12. The molecule has 82 valence electrons. The summed E-state index contributed by atoms with van der Waals surface area (Å²) in [6.45, 7) is 3.67. The molecule has 1 aromatic rings. The third-order valence-corrected chi connectivity index (χ3v) is 2.82. The highest BCUT2D eigenvalue weighted by Crippen LogP contribution is 2.33. The van der Waals surface area contributed by atoms with E-state index in [0.717, 1.165) is 5.56 Å². The van der Waals surface area contributed by atoms with Crippen LogP contribution in [-0.2, 0) is 14.7 Å². The molecule has 15 heavy (non-hydrogen) atoms. The Morgan fingerprint density at radius 2 is 2.07 bits per heavy atom. The topological polar surface area (TPSA) is 61.5 Å². The molecule has 0 fully saturated rings. The first-order valence-electron chi connectivity index (χ1n) is 4.50. The number of nitrogens with two attached hydrogens (primary N) is 1. The number of ether oxygens (including phenoxy) is 1. The van der Waals surface area contributed by atoms with E-state index < -0.39 is 14.3 Å². The first kappa shape index (κ1) is 12.0. The van der Waals surface area contributed by atoms with E-state index in [0.29, 0.717) is 11.4 Å². The molecule has 0 aromatic heterocycles. The largest absolute Gasteiger partial charge is 0.495 e. The normalized spacial score (nSPS) is 11.7. The van der Waals surface area contributed by atoms with Crippen molar-refractivity contribution in [2.24, 2.45) is 0 Å². The van der Waals surface area contributed by atoms with Gasteiger partial charge in [-0.2, -0.15) is 0 Å². The van der Waals surface area contributed by atoms with E-state index in [1.54, 1.807) is 19.2 Å². The van der Waals surface area contributed by atoms with E-state index in [2.05, 4.69) is 0 Å². The summed E-state index contributed by atoms with van der Waals surface area (Å²) in [5, 5.41) is 0. The van der Waals surface area contributed by atoms with Gasteiger partial charge in [0.05, 0.1) is 12.8 Å². The van der Waals surface area contributed by atoms with Crippen LogP contribution >= 0.6 is 8.69 Å². The Balaban J connectivity index is 3.10. The van der Waals surface area contributed by atoms with Crippen LogP contribution in [0.4, 0.5) is 5.69 Å². The standard InChI is InChI=1S/C10H15NO3P/c1-10(2,14-15-12)7-4-5-8(11)9(6-7)13-3/h4-6,15H,11H2,1-3H3/q+1. The number of nitrogen functional groups attached to an aromatic ring is 1. The van der Waals surface area contributed by atoms with Gasteiger partial charge < -0.3 is 10.5 Å². The number of hydrogen-bond donors (Lipinski definition) is 1. The lowest BCUT2D eigenvalue weighted by Crippen LogP contribution is -2.17. The number of rotatable bonds is 4. The number of methoxy groups -OCH3 is 1. The Labute approximate surface area is 90.7 Å². The number of hydrogen-bond acceptors (Lipinski definition) is 4. The number of benzene rings is 1. The molecule has 0 spiro atoms. The van der Waals surface area contributed by atoms with Crippen molar-refractivity contribution in [2.75, 3.05) is 12.8 Å². The molecule has 0 aliphatic heterocycles. The minimum Gasteiger partial charge on any atom is -0.495 e. The molecule has 0 heterocycles. The summed E-state index contributed by atoms with van der Waals surface area (Å²) >= 11 is 0. The summed E-state index contributed by atoms with van der Waals surface area (Å²) in [4.78, 5) is 0. The molecule has 1 rings (SSSR count). The van der Waals surface area contributed by atoms with Crippen LogP contribution in [0.3, 0.4) is 0 Å². The zero-order chi connectivity index (χ0) is 11.5. The van der Waals surface area contributed by atoms with Crippen LogP contribution < -0.4 is 10.5 Å². The van der Waals surface area contributed by atoms with Gasteiger partial charge in [0.2, 0.25) is 0 Å². The van der Waals surface area contributed by atoms with Crippen molar-refractivity contribution >= 4 is 14.4 Å². The van der Waals surface area contributed by atoms with Crippen LogP contribution in [-0.4, -0.2) is 7.11 Å². The monoisotopic (exact) mass is 228 g/mol. The Morgan fingerprint density at radius 3 is 2.60 bits per heavy atom. The maximum Gasteiger partial charge on any atom is 0.495 e. The van der Waals surface area contributed by atoms with Gasteiger partial charge in [-0.25, -0.2) is 0 Å². The summed E-state index contributed by atoms with van der Waals surface area (Å²) < 4.78 is 20.7. The highest BCUT2D eigenvalue weighted by molar-refractivity contribution is 7.17. The lowest BCUT2D eigenvalue weighted by atomic mass is 9.98. The van der Waals surface area contributed by atoms with E-state index in [1.165, 1.54) is 0 Å². The zero-order valence-electron chi connectivity index (χ0n) is 9.03. The van der Waals surface area contributed by atoms with E-state index >= 15 is 0 Å². The summed E-state index contributed by atoms with van der Waals surface area (Å²) in [6.07, 6.45) is 0. The Morgan fingerprint density at radius 1 is 1.40 bits per heavy atom. The maximum atomic E-state index is 10.5. The number of anilines is 1. The third-order valence-electron chi connectivity index (χ3n) is 2.23. The molecule has 1 atom stereocenters. The SMILES string of the molecule is COc1cc(C(C)(C)O[PH+]=O)ccc1N. The fourth-order valence-corrected chi connectivity index (χ4v) is 1.57. The quantitative estimate of drug-likeness (QED) is 0.635. The van der Waals surface area contributed by atoms with Crippen molar-refractivity contribution in [3.8, 4) is 5.75 Å². The molecule has 0 aliphatic rings. The van der Waals surface area contributed by atoms with Gasteiger partial charge in [0, 0.05) is 0 Å². The molecule has 0 radical (unpaired) electrons. The minimum absolute atomic E-state index is 0.571. The highest BCUT2D eigenvalue weighted by Gasteiger charge is 2.26. The van der Waals surface area contributed by atoms with Gasteiger partial charge in [0.25, 0.3) is 0 Å². The molecule has 0 saturated heterocycles. The summed E-state index contributed by atoms with van der Waals surface area (Å²) in [5.74, 6) is 0.596. The second kappa shape index (κ2) is 4.60. The van der Waals surface area contributed by atoms with Crippen LogP contribution in [0.15, 0.2) is 18.2 Å². The van der Waals surface area contributed by atoms with Gasteiger partial charge in [-0.15, -0.1) is 4.52 Å². The van der Waals surface area contributed by atoms with Gasteiger partial charge >= 0.3 is 8.69 Å². The maximum absolute atomic E-state index is 10.5. The molecule has 4 nitrogen and oxygen atoms in total. The van der Waals surface area contributed by atoms with Crippen LogP contribution in [0.25, 0.3) is 0 Å². The Bertz CT molecular complexity index is 366. The summed E-state index contributed by atoms with van der Waals surface area (Å²) in [7, 11) is 0.762. The molecular formula is C10H15NO3P+. The average Bonchev–Trinajstić information content (AvgIpc) is 2.18. The molecule has 0 saturated carbocycles. The second-order valence-corrected chi connectivity index (χ2v) is 4.02. The van der Waals surface area contributed by atoms with Crippen LogP contribution in [0.1, 0.15) is 19.4 Å². The molecule has 0 aliphatic carbocycles. The van der Waals surface area contributed by atoms with E-state index in [4.69, 9.17) is 15.0 Å². The molecular weight excluding hydrogens is 213 g/mol. The predicted molar refractivity (Wildman–Crippen MR) is 60.5 cm³/mol. The highest BCUT2D eigenvalue weighted by atomic mass is 31.1. The van der Waals surface area contributed by atoms with Gasteiger partial charge in [0.15, 0.2) is 0 Å². The van der Waals surface area contributed by atoms with Crippen LogP contribution in [0.2, 0.25) is 0 Å². The van der Waals surface area contributed by atoms with Gasteiger partial charge in [-0.05, 0) is 36.1 Å². The van der Waals surface area contributed by atoms with Crippen LogP contribution in [0.5, 0.6) is 5.75 Å². The van der Waals surface area contributed by atoms with Gasteiger partial charge in [0.1, 0.15) is 11.4 Å². The van der Waals surface area contributed by atoms with Crippen molar-refractivity contribution < 1.29 is 13.8 Å². The fraction of sp³-hybridized carbons (Fsp3) is 0.400. The molecule has 0 bridgehead atoms. The van der Waals surface area contributed by atoms with Crippen molar-refractivity contribution in [1.29, 1.82) is 0 Å². The molecule has 2 N–H and O–H groups in total. The molecule has 1 aromatic carbocycles. The third kappa shape index (κ3) is 2.67. The van der Waals surface area contributed by atoms with Crippen molar-refractivity contribution in [3.05, 3.63) is 23.8 Å². The summed E-state index contributed by atoms with van der Waals surface area (Å²) in [6, 6.07) is 5.36. The molecule has 5 heteroatoms. The van der Waals surface area contributed by atoms with E-state index in [1.807, 2.05) is 19.9 Å². The predicted octanol–water partition coefficient (Wildman–Crippen LogP) is 2.47. The molecule has 1 unspecified atom stereocenters. The smallest absolute Gasteiger partial charge is 0.495 e. The van der Waals surface area contributed by atoms with Gasteiger partial charge in [-0.1, -0.05) is 6.07 Å². The first-order chi connectivity index (χ1) is 7.01.